The number of benzene rings is 1. The molecule has 0 spiro atoms. The largest absolute Gasteiger partial charge is 0.473 e. The maximum absolute atomic E-state index is 13.3. The van der Waals surface area contributed by atoms with Crippen molar-refractivity contribution in [2.75, 3.05) is 6.54 Å². The molecule has 1 aliphatic heterocycles. The molecule has 0 atom stereocenters. The normalized spacial score (nSPS) is 12.2. The van der Waals surface area contributed by atoms with Crippen LogP contribution in [0.25, 0.3) is 5.57 Å². The van der Waals surface area contributed by atoms with Gasteiger partial charge in [-0.15, -0.1) is 0 Å². The van der Waals surface area contributed by atoms with Gasteiger partial charge >= 0.3 is 11.9 Å². The number of fused-ring (bicyclic) bond motifs is 1. The lowest BCUT2D eigenvalue weighted by atomic mass is 10.0. The fraction of sp³-hybridized carbons (Fsp3) is 0.231. The summed E-state index contributed by atoms with van der Waals surface area (Å²) in [6.45, 7) is 2.46. The number of nitrogens with zero attached hydrogens (tertiary/aromatic N) is 1. The zero-order valence-corrected chi connectivity index (χ0v) is 10.8. The number of halogens is 1. The molecule has 0 bridgehead atoms. The summed E-state index contributed by atoms with van der Waals surface area (Å²) in [6, 6.07) is 5.03. The molecule has 4 N–H and O–H groups in total. The molecular formula is C13H14FN2O4. The Bertz CT molecular complexity index is 557. The van der Waals surface area contributed by atoms with Gasteiger partial charge in [0.25, 0.3) is 0 Å². The topological polar surface area (TPSA) is 115 Å². The fourth-order valence-corrected chi connectivity index (χ4v) is 1.76. The SMILES string of the molecule is CC1=C(CCN)c2cccc(F)c2[N]1.O=C(O)C(=O)O. The lowest BCUT2D eigenvalue weighted by molar-refractivity contribution is -0.159. The Kier molecular flexibility index (Phi) is 5.22. The van der Waals surface area contributed by atoms with Crippen LogP contribution in [-0.4, -0.2) is 28.7 Å². The first-order valence-electron chi connectivity index (χ1n) is 5.75. The highest BCUT2D eigenvalue weighted by molar-refractivity contribution is 6.27. The average molecular weight is 281 g/mol. The second-order valence-electron chi connectivity index (χ2n) is 3.96. The molecule has 0 fully saturated rings. The van der Waals surface area contributed by atoms with Crippen LogP contribution in [0.2, 0.25) is 0 Å². The molecular weight excluding hydrogens is 267 g/mol. The van der Waals surface area contributed by atoms with E-state index in [1.54, 1.807) is 6.07 Å². The summed E-state index contributed by atoms with van der Waals surface area (Å²) in [5.74, 6) is -3.90. The van der Waals surface area contributed by atoms with Gasteiger partial charge < -0.3 is 15.9 Å². The highest BCUT2D eigenvalue weighted by Crippen LogP contribution is 2.37. The van der Waals surface area contributed by atoms with Gasteiger partial charge in [-0.05, 0) is 31.5 Å². The second-order valence-corrected chi connectivity index (χ2v) is 3.96. The summed E-state index contributed by atoms with van der Waals surface area (Å²) < 4.78 is 13.3. The van der Waals surface area contributed by atoms with Crippen molar-refractivity contribution in [2.24, 2.45) is 5.73 Å². The third-order valence-electron chi connectivity index (χ3n) is 2.61. The van der Waals surface area contributed by atoms with Gasteiger partial charge in [0.2, 0.25) is 0 Å². The van der Waals surface area contributed by atoms with Crippen molar-refractivity contribution in [3.8, 4) is 0 Å². The molecule has 1 radical (unpaired) electrons. The molecule has 0 saturated heterocycles. The number of carboxylic acid groups (broad SMARTS) is 2. The summed E-state index contributed by atoms with van der Waals surface area (Å²) in [4.78, 5) is 18.2. The minimum atomic E-state index is -1.82. The van der Waals surface area contributed by atoms with Gasteiger partial charge in [0.1, 0.15) is 11.5 Å². The van der Waals surface area contributed by atoms with Crippen molar-refractivity contribution in [2.45, 2.75) is 13.3 Å². The molecule has 20 heavy (non-hydrogen) atoms. The molecule has 1 aliphatic rings. The zero-order valence-electron chi connectivity index (χ0n) is 10.8. The molecule has 0 amide bonds. The number of hydrogen-bond acceptors (Lipinski definition) is 3. The maximum Gasteiger partial charge on any atom is 0.414 e. The first-order valence-corrected chi connectivity index (χ1v) is 5.75. The van der Waals surface area contributed by atoms with Crippen LogP contribution in [0.1, 0.15) is 18.9 Å². The minimum Gasteiger partial charge on any atom is -0.473 e. The number of aliphatic carboxylic acids is 2. The van der Waals surface area contributed by atoms with E-state index in [0.717, 1.165) is 23.3 Å². The molecule has 2 rings (SSSR count). The van der Waals surface area contributed by atoms with Gasteiger partial charge in [-0.3, -0.25) is 0 Å². The fourth-order valence-electron chi connectivity index (χ4n) is 1.76. The molecule has 0 unspecified atom stereocenters. The van der Waals surface area contributed by atoms with Gasteiger partial charge in [0, 0.05) is 11.3 Å². The lowest BCUT2D eigenvalue weighted by Gasteiger charge is -2.02. The van der Waals surface area contributed by atoms with Crippen molar-refractivity contribution >= 4 is 23.2 Å². The summed E-state index contributed by atoms with van der Waals surface area (Å²) in [7, 11) is 0. The summed E-state index contributed by atoms with van der Waals surface area (Å²) >= 11 is 0. The van der Waals surface area contributed by atoms with E-state index in [9.17, 15) is 4.39 Å². The van der Waals surface area contributed by atoms with Crippen molar-refractivity contribution in [3.05, 3.63) is 35.3 Å². The predicted octanol–water partition coefficient (Wildman–Crippen LogP) is 1.31. The van der Waals surface area contributed by atoms with Crippen molar-refractivity contribution in [1.82, 2.24) is 5.32 Å². The number of para-hydroxylation sites is 1. The lowest BCUT2D eigenvalue weighted by Crippen LogP contribution is -2.09. The van der Waals surface area contributed by atoms with Crippen molar-refractivity contribution in [1.29, 1.82) is 0 Å². The Morgan fingerprint density at radius 3 is 2.40 bits per heavy atom. The van der Waals surface area contributed by atoms with E-state index in [4.69, 9.17) is 25.5 Å². The molecule has 0 aromatic heterocycles. The molecule has 1 heterocycles. The quantitative estimate of drug-likeness (QED) is 0.707. The number of carbonyl (C=O) groups is 2. The van der Waals surface area contributed by atoms with E-state index in [2.05, 4.69) is 5.32 Å². The molecule has 107 valence electrons. The molecule has 1 aromatic carbocycles. The zero-order chi connectivity index (χ0) is 15.3. The third-order valence-corrected chi connectivity index (χ3v) is 2.61. The Labute approximate surface area is 114 Å². The van der Waals surface area contributed by atoms with Gasteiger partial charge in [-0.2, -0.15) is 0 Å². The predicted molar refractivity (Wildman–Crippen MR) is 69.7 cm³/mol. The van der Waals surface area contributed by atoms with Gasteiger partial charge in [0.05, 0.1) is 0 Å². The van der Waals surface area contributed by atoms with E-state index in [0.29, 0.717) is 12.2 Å². The number of allylic oxidation sites excluding steroid dienone is 1. The van der Waals surface area contributed by atoms with E-state index in [1.807, 2.05) is 13.0 Å². The molecule has 7 heteroatoms. The Morgan fingerprint density at radius 2 is 1.90 bits per heavy atom. The summed E-state index contributed by atoms with van der Waals surface area (Å²) in [6.07, 6.45) is 0.756. The van der Waals surface area contributed by atoms with Crippen LogP contribution in [-0.2, 0) is 9.59 Å². The van der Waals surface area contributed by atoms with Crippen LogP contribution in [0.3, 0.4) is 0 Å². The second kappa shape index (κ2) is 6.67. The third kappa shape index (κ3) is 3.55. The Balaban J connectivity index is 0.000000286. The van der Waals surface area contributed by atoms with Crippen LogP contribution in [0.5, 0.6) is 0 Å². The number of rotatable bonds is 2. The minimum absolute atomic E-state index is 0.256. The van der Waals surface area contributed by atoms with E-state index in [1.165, 1.54) is 6.07 Å². The van der Waals surface area contributed by atoms with E-state index in [-0.39, 0.29) is 5.82 Å². The maximum atomic E-state index is 13.3. The van der Waals surface area contributed by atoms with E-state index >= 15 is 0 Å². The molecule has 6 nitrogen and oxygen atoms in total. The van der Waals surface area contributed by atoms with Crippen LogP contribution in [0, 0.1) is 5.82 Å². The number of hydrogen-bond donors (Lipinski definition) is 3. The molecule has 0 saturated carbocycles. The van der Waals surface area contributed by atoms with Gasteiger partial charge in [-0.25, -0.2) is 19.3 Å². The Morgan fingerprint density at radius 1 is 1.30 bits per heavy atom. The van der Waals surface area contributed by atoms with Crippen LogP contribution < -0.4 is 11.1 Å². The highest BCUT2D eigenvalue weighted by atomic mass is 19.1. The van der Waals surface area contributed by atoms with Crippen LogP contribution in [0.15, 0.2) is 23.9 Å². The molecule has 0 aliphatic carbocycles. The standard InChI is InChI=1S/C11H12FN2.C2H2O4/c1-7-8(5-6-13)9-3-2-4-10(12)11(9)14-7;3-1(4)2(5)6/h2-4H,5-6,13H2,1H3;(H,3,4)(H,5,6). The summed E-state index contributed by atoms with van der Waals surface area (Å²) in [5.41, 5.74) is 8.81. The highest BCUT2D eigenvalue weighted by Gasteiger charge is 2.21. The monoisotopic (exact) mass is 281 g/mol. The smallest absolute Gasteiger partial charge is 0.414 e. The van der Waals surface area contributed by atoms with Crippen LogP contribution in [0.4, 0.5) is 10.1 Å². The van der Waals surface area contributed by atoms with Crippen LogP contribution >= 0.6 is 0 Å². The van der Waals surface area contributed by atoms with Gasteiger partial charge in [-0.1, -0.05) is 12.1 Å². The molecule has 1 aromatic rings. The van der Waals surface area contributed by atoms with Crippen molar-refractivity contribution in [3.63, 3.8) is 0 Å². The first-order chi connectivity index (χ1) is 9.38. The van der Waals surface area contributed by atoms with Gasteiger partial charge in [0.15, 0.2) is 0 Å². The number of nitrogens with two attached hydrogens (primary N) is 1. The summed E-state index contributed by atoms with van der Waals surface area (Å²) in [5, 5.41) is 19.0. The number of carboxylic acids is 2. The Hall–Kier alpha value is -2.41. The van der Waals surface area contributed by atoms with E-state index < -0.39 is 11.9 Å². The van der Waals surface area contributed by atoms with Crippen molar-refractivity contribution < 1.29 is 24.2 Å². The first kappa shape index (κ1) is 15.6. The average Bonchev–Trinajstić information content (AvgIpc) is 2.69.